The van der Waals surface area contributed by atoms with Crippen molar-refractivity contribution in [1.82, 2.24) is 15.1 Å². The average molecular weight is 217 g/mol. The number of rotatable bonds is 2. The number of nitrogens with zero attached hydrogens (tertiary/aromatic N) is 2. The summed E-state index contributed by atoms with van der Waals surface area (Å²) in [5.74, 6) is 0. The molecule has 2 fully saturated rings. The zero-order chi connectivity index (χ0) is 10.8. The van der Waals surface area contributed by atoms with Crippen LogP contribution < -0.4 is 5.32 Å². The molecule has 2 N–H and O–H groups in total. The number of hydrogen-bond donors (Lipinski definition) is 2. The molecule has 0 aromatic heterocycles. The second-order valence-corrected chi connectivity index (χ2v) is 4.09. The lowest BCUT2D eigenvalue weighted by atomic mass is 10.0. The number of halogens is 1. The van der Waals surface area contributed by atoms with Crippen LogP contribution in [0.3, 0.4) is 0 Å². The van der Waals surface area contributed by atoms with E-state index in [9.17, 15) is 9.18 Å². The van der Waals surface area contributed by atoms with Gasteiger partial charge in [-0.1, -0.05) is 0 Å². The lowest BCUT2D eigenvalue weighted by Gasteiger charge is -2.48. The van der Waals surface area contributed by atoms with Gasteiger partial charge in [0.1, 0.15) is 6.67 Å². The largest absolute Gasteiger partial charge is 0.465 e. The quantitative estimate of drug-likeness (QED) is 0.660. The van der Waals surface area contributed by atoms with E-state index in [0.29, 0.717) is 19.6 Å². The molecule has 0 saturated carbocycles. The standard InChI is InChI=1S/C9H16FN3O2/c10-3-7-4-11-1-2-13(7)8-5-12(6-8)9(14)15/h7-8,11H,1-6H2,(H,14,15). The van der Waals surface area contributed by atoms with Gasteiger partial charge < -0.3 is 15.3 Å². The molecule has 1 amide bonds. The Labute approximate surface area is 87.8 Å². The Morgan fingerprint density at radius 1 is 1.53 bits per heavy atom. The van der Waals surface area contributed by atoms with Gasteiger partial charge in [-0.3, -0.25) is 4.90 Å². The van der Waals surface area contributed by atoms with Gasteiger partial charge in [-0.25, -0.2) is 9.18 Å². The number of nitrogens with one attached hydrogen (secondary N) is 1. The molecule has 5 nitrogen and oxygen atoms in total. The van der Waals surface area contributed by atoms with Gasteiger partial charge in [0, 0.05) is 38.8 Å². The fraction of sp³-hybridized carbons (Fsp3) is 0.889. The number of hydrogen-bond acceptors (Lipinski definition) is 3. The topological polar surface area (TPSA) is 55.8 Å². The lowest BCUT2D eigenvalue weighted by Crippen LogP contribution is -2.67. The molecule has 1 unspecified atom stereocenters. The molecule has 2 aliphatic rings. The first-order chi connectivity index (χ1) is 7.22. The van der Waals surface area contributed by atoms with Crippen molar-refractivity contribution in [3.8, 4) is 0 Å². The van der Waals surface area contributed by atoms with Crippen LogP contribution >= 0.6 is 0 Å². The van der Waals surface area contributed by atoms with Crippen LogP contribution in [-0.4, -0.2) is 72.5 Å². The van der Waals surface area contributed by atoms with Crippen LogP contribution in [-0.2, 0) is 0 Å². The highest BCUT2D eigenvalue weighted by molar-refractivity contribution is 5.66. The van der Waals surface area contributed by atoms with E-state index in [1.165, 1.54) is 4.90 Å². The molecule has 1 atom stereocenters. The summed E-state index contributed by atoms with van der Waals surface area (Å²) < 4.78 is 12.7. The highest BCUT2D eigenvalue weighted by Crippen LogP contribution is 2.18. The maximum absolute atomic E-state index is 12.7. The van der Waals surface area contributed by atoms with Gasteiger partial charge in [-0.15, -0.1) is 0 Å². The molecule has 86 valence electrons. The Bertz CT molecular complexity index is 246. The van der Waals surface area contributed by atoms with E-state index in [2.05, 4.69) is 10.2 Å². The Kier molecular flexibility index (Phi) is 3.06. The van der Waals surface area contributed by atoms with Gasteiger partial charge in [-0.2, -0.15) is 0 Å². The number of amides is 1. The molecule has 0 spiro atoms. The average Bonchev–Trinajstić information content (AvgIpc) is 2.15. The Morgan fingerprint density at radius 2 is 2.27 bits per heavy atom. The molecular formula is C9H16FN3O2. The van der Waals surface area contributed by atoms with E-state index in [1.807, 2.05) is 0 Å². The van der Waals surface area contributed by atoms with Crippen molar-refractivity contribution in [2.45, 2.75) is 12.1 Å². The normalized spacial score (nSPS) is 28.9. The highest BCUT2D eigenvalue weighted by Gasteiger charge is 2.38. The predicted molar refractivity (Wildman–Crippen MR) is 52.7 cm³/mol. The first kappa shape index (κ1) is 10.6. The van der Waals surface area contributed by atoms with Crippen LogP contribution in [0.4, 0.5) is 9.18 Å². The molecule has 2 aliphatic heterocycles. The van der Waals surface area contributed by atoms with E-state index in [0.717, 1.165) is 13.1 Å². The van der Waals surface area contributed by atoms with E-state index in [1.54, 1.807) is 0 Å². The van der Waals surface area contributed by atoms with Gasteiger partial charge in [-0.05, 0) is 0 Å². The van der Waals surface area contributed by atoms with Crippen LogP contribution in [0, 0.1) is 0 Å². The van der Waals surface area contributed by atoms with Crippen LogP contribution in [0.25, 0.3) is 0 Å². The molecule has 0 aliphatic carbocycles. The minimum absolute atomic E-state index is 0.0836. The van der Waals surface area contributed by atoms with Crippen LogP contribution in [0.1, 0.15) is 0 Å². The fourth-order valence-electron chi connectivity index (χ4n) is 2.22. The zero-order valence-electron chi connectivity index (χ0n) is 8.53. The molecule has 15 heavy (non-hydrogen) atoms. The van der Waals surface area contributed by atoms with Crippen LogP contribution in [0.5, 0.6) is 0 Å². The number of likely N-dealkylation sites (tertiary alicyclic amines) is 1. The maximum Gasteiger partial charge on any atom is 0.407 e. The summed E-state index contributed by atoms with van der Waals surface area (Å²) in [7, 11) is 0. The fourth-order valence-corrected chi connectivity index (χ4v) is 2.22. The van der Waals surface area contributed by atoms with Gasteiger partial charge in [0.2, 0.25) is 0 Å². The molecule has 6 heteroatoms. The molecule has 0 aromatic rings. The minimum atomic E-state index is -0.877. The van der Waals surface area contributed by atoms with Crippen molar-refractivity contribution in [2.24, 2.45) is 0 Å². The Balaban J connectivity index is 1.85. The first-order valence-electron chi connectivity index (χ1n) is 5.22. The SMILES string of the molecule is O=C(O)N1CC(N2CCNCC2CF)C1. The summed E-state index contributed by atoms with van der Waals surface area (Å²) in [6, 6.07) is 0.128. The smallest absolute Gasteiger partial charge is 0.407 e. The second kappa shape index (κ2) is 4.32. The first-order valence-corrected chi connectivity index (χ1v) is 5.22. The van der Waals surface area contributed by atoms with Crippen molar-refractivity contribution in [3.05, 3.63) is 0 Å². The van der Waals surface area contributed by atoms with Crippen LogP contribution in [0.2, 0.25) is 0 Å². The van der Waals surface area contributed by atoms with E-state index < -0.39 is 6.09 Å². The maximum atomic E-state index is 12.7. The van der Waals surface area contributed by atoms with Gasteiger partial charge in [0.25, 0.3) is 0 Å². The highest BCUT2D eigenvalue weighted by atomic mass is 19.1. The van der Waals surface area contributed by atoms with E-state index in [-0.39, 0.29) is 18.8 Å². The van der Waals surface area contributed by atoms with Crippen molar-refractivity contribution in [2.75, 3.05) is 39.4 Å². The van der Waals surface area contributed by atoms with Crippen molar-refractivity contribution >= 4 is 6.09 Å². The lowest BCUT2D eigenvalue weighted by molar-refractivity contribution is -0.000966. The monoisotopic (exact) mass is 217 g/mol. The number of carbonyl (C=O) groups is 1. The van der Waals surface area contributed by atoms with E-state index >= 15 is 0 Å². The molecule has 2 rings (SSSR count). The van der Waals surface area contributed by atoms with Crippen molar-refractivity contribution < 1.29 is 14.3 Å². The number of piperazine rings is 1. The zero-order valence-corrected chi connectivity index (χ0v) is 8.53. The third-order valence-electron chi connectivity index (χ3n) is 3.18. The molecule has 2 saturated heterocycles. The third-order valence-corrected chi connectivity index (χ3v) is 3.18. The van der Waals surface area contributed by atoms with Crippen molar-refractivity contribution in [1.29, 1.82) is 0 Å². The third kappa shape index (κ3) is 2.05. The minimum Gasteiger partial charge on any atom is -0.465 e. The summed E-state index contributed by atoms with van der Waals surface area (Å²) >= 11 is 0. The molecular weight excluding hydrogens is 201 g/mol. The summed E-state index contributed by atoms with van der Waals surface area (Å²) in [4.78, 5) is 14.0. The number of alkyl halides is 1. The van der Waals surface area contributed by atoms with Gasteiger partial charge in [0.15, 0.2) is 0 Å². The summed E-state index contributed by atoms with van der Waals surface area (Å²) in [5, 5.41) is 11.8. The van der Waals surface area contributed by atoms with Crippen molar-refractivity contribution in [3.63, 3.8) is 0 Å². The Hall–Kier alpha value is -0.880. The predicted octanol–water partition coefficient (Wildman–Crippen LogP) is -0.408. The van der Waals surface area contributed by atoms with E-state index in [4.69, 9.17) is 5.11 Å². The number of carboxylic acid groups (broad SMARTS) is 1. The Morgan fingerprint density at radius 3 is 2.87 bits per heavy atom. The molecule has 0 aromatic carbocycles. The van der Waals surface area contributed by atoms with Gasteiger partial charge in [0.05, 0.1) is 6.04 Å². The molecule has 2 heterocycles. The second-order valence-electron chi connectivity index (χ2n) is 4.09. The summed E-state index contributed by atoms with van der Waals surface area (Å²) in [6.45, 7) is 3.01. The van der Waals surface area contributed by atoms with Gasteiger partial charge >= 0.3 is 6.09 Å². The molecule has 0 radical (unpaired) electrons. The summed E-state index contributed by atoms with van der Waals surface area (Å²) in [5.41, 5.74) is 0. The molecule has 0 bridgehead atoms. The van der Waals surface area contributed by atoms with Crippen LogP contribution in [0.15, 0.2) is 0 Å². The summed E-state index contributed by atoms with van der Waals surface area (Å²) in [6.07, 6.45) is -0.877.